The molecule has 0 unspecified atom stereocenters. The van der Waals surface area contributed by atoms with E-state index in [-0.39, 0.29) is 11.3 Å². The van der Waals surface area contributed by atoms with Crippen LogP contribution in [0, 0.1) is 0 Å². The lowest BCUT2D eigenvalue weighted by Gasteiger charge is -2.12. The van der Waals surface area contributed by atoms with E-state index < -0.39 is 5.91 Å². The number of hydrogen-bond acceptors (Lipinski definition) is 5. The molecule has 6 heteroatoms. The van der Waals surface area contributed by atoms with E-state index in [2.05, 4.69) is 0 Å². The Bertz CT molecular complexity index is 391. The van der Waals surface area contributed by atoms with Gasteiger partial charge >= 0.3 is 0 Å². The molecule has 88 valence electrons. The van der Waals surface area contributed by atoms with Crippen LogP contribution in [0.4, 0.5) is 0 Å². The van der Waals surface area contributed by atoms with Crippen molar-refractivity contribution in [1.82, 2.24) is 5.48 Å². The molecule has 2 N–H and O–H groups in total. The molecule has 1 rings (SSSR count). The third kappa shape index (κ3) is 2.17. The van der Waals surface area contributed by atoms with E-state index in [0.29, 0.717) is 11.5 Å². The summed E-state index contributed by atoms with van der Waals surface area (Å²) < 4.78 is 15.1. The Morgan fingerprint density at radius 1 is 1.06 bits per heavy atom. The standard InChI is InChI=1S/C10H13NO5/c1-14-7-5-9(16-3)8(15-2)4-6(7)10(12)11-13/h4-5,13H,1-3H3,(H,11,12). The molecule has 0 heterocycles. The molecule has 1 aromatic carbocycles. The van der Waals surface area contributed by atoms with E-state index in [1.165, 1.54) is 38.9 Å². The van der Waals surface area contributed by atoms with Gasteiger partial charge in [0.2, 0.25) is 0 Å². The van der Waals surface area contributed by atoms with Gasteiger partial charge in [0.05, 0.1) is 26.9 Å². The number of hydroxylamine groups is 1. The number of hydrogen-bond donors (Lipinski definition) is 2. The van der Waals surface area contributed by atoms with Crippen LogP contribution in [0.5, 0.6) is 17.2 Å². The SMILES string of the molecule is COc1cc(OC)c(C(=O)NO)cc1OC. The summed E-state index contributed by atoms with van der Waals surface area (Å²) in [6, 6.07) is 2.92. The Labute approximate surface area is 92.7 Å². The fourth-order valence-electron chi connectivity index (χ4n) is 1.27. The van der Waals surface area contributed by atoms with E-state index in [0.717, 1.165) is 0 Å². The van der Waals surface area contributed by atoms with E-state index in [1.807, 2.05) is 0 Å². The van der Waals surface area contributed by atoms with Crippen molar-refractivity contribution in [2.24, 2.45) is 0 Å². The van der Waals surface area contributed by atoms with Gasteiger partial charge < -0.3 is 14.2 Å². The van der Waals surface area contributed by atoms with E-state index >= 15 is 0 Å². The van der Waals surface area contributed by atoms with Gasteiger partial charge in [-0.2, -0.15) is 0 Å². The quantitative estimate of drug-likeness (QED) is 0.588. The first-order valence-corrected chi connectivity index (χ1v) is 4.42. The molecule has 0 aliphatic carbocycles. The van der Waals surface area contributed by atoms with Gasteiger partial charge in [-0.3, -0.25) is 10.0 Å². The third-order valence-corrected chi connectivity index (χ3v) is 2.05. The zero-order valence-corrected chi connectivity index (χ0v) is 9.23. The lowest BCUT2D eigenvalue weighted by molar-refractivity contribution is 0.0702. The number of carbonyl (C=O) groups excluding carboxylic acids is 1. The van der Waals surface area contributed by atoms with Gasteiger partial charge in [-0.1, -0.05) is 0 Å². The van der Waals surface area contributed by atoms with Gasteiger partial charge in [-0.15, -0.1) is 0 Å². The van der Waals surface area contributed by atoms with Crippen LogP contribution < -0.4 is 19.7 Å². The summed E-state index contributed by atoms with van der Waals surface area (Å²) >= 11 is 0. The molecule has 0 radical (unpaired) electrons. The largest absolute Gasteiger partial charge is 0.496 e. The third-order valence-electron chi connectivity index (χ3n) is 2.05. The van der Waals surface area contributed by atoms with Crippen LogP contribution >= 0.6 is 0 Å². The van der Waals surface area contributed by atoms with Crippen LogP contribution in [-0.4, -0.2) is 32.4 Å². The van der Waals surface area contributed by atoms with Crippen molar-refractivity contribution >= 4 is 5.91 Å². The normalized spacial score (nSPS) is 9.50. The Kier molecular flexibility index (Phi) is 3.96. The molecule has 16 heavy (non-hydrogen) atoms. The summed E-state index contributed by atoms with van der Waals surface area (Å²) in [5, 5.41) is 8.57. The summed E-state index contributed by atoms with van der Waals surface area (Å²) in [5.74, 6) is 0.415. The molecule has 0 atom stereocenters. The minimum absolute atomic E-state index is 0.155. The summed E-state index contributed by atoms with van der Waals surface area (Å²) in [5.41, 5.74) is 1.68. The van der Waals surface area contributed by atoms with Crippen molar-refractivity contribution in [3.8, 4) is 17.2 Å². The Balaban J connectivity index is 3.31. The van der Waals surface area contributed by atoms with E-state index in [9.17, 15) is 4.79 Å². The number of amides is 1. The van der Waals surface area contributed by atoms with E-state index in [4.69, 9.17) is 19.4 Å². The topological polar surface area (TPSA) is 77.0 Å². The van der Waals surface area contributed by atoms with Crippen molar-refractivity contribution in [1.29, 1.82) is 0 Å². The molecular formula is C10H13NO5. The van der Waals surface area contributed by atoms with Crippen molar-refractivity contribution in [3.05, 3.63) is 17.7 Å². The highest BCUT2D eigenvalue weighted by Gasteiger charge is 2.16. The molecule has 0 saturated heterocycles. The van der Waals surface area contributed by atoms with Crippen molar-refractivity contribution in [3.63, 3.8) is 0 Å². The molecule has 0 saturated carbocycles. The lowest BCUT2D eigenvalue weighted by Crippen LogP contribution is -2.19. The summed E-state index contributed by atoms with van der Waals surface area (Å²) in [4.78, 5) is 11.3. The van der Waals surface area contributed by atoms with Crippen LogP contribution in [-0.2, 0) is 0 Å². The molecule has 0 aliphatic heterocycles. The smallest absolute Gasteiger partial charge is 0.278 e. The maximum Gasteiger partial charge on any atom is 0.278 e. The van der Waals surface area contributed by atoms with Gasteiger partial charge in [0, 0.05) is 12.1 Å². The fraction of sp³-hybridized carbons (Fsp3) is 0.300. The van der Waals surface area contributed by atoms with E-state index in [1.54, 1.807) is 0 Å². The lowest BCUT2D eigenvalue weighted by atomic mass is 10.1. The zero-order valence-electron chi connectivity index (χ0n) is 9.23. The van der Waals surface area contributed by atoms with Gasteiger partial charge in [0.25, 0.3) is 5.91 Å². The predicted octanol–water partition coefficient (Wildman–Crippen LogP) is 0.831. The first-order valence-electron chi connectivity index (χ1n) is 4.42. The highest BCUT2D eigenvalue weighted by atomic mass is 16.5. The second-order valence-electron chi connectivity index (χ2n) is 2.85. The molecule has 1 amide bonds. The van der Waals surface area contributed by atoms with Crippen LogP contribution in [0.2, 0.25) is 0 Å². The number of ether oxygens (including phenoxy) is 3. The molecule has 0 fully saturated rings. The van der Waals surface area contributed by atoms with Crippen molar-refractivity contribution in [2.45, 2.75) is 0 Å². The van der Waals surface area contributed by atoms with Gasteiger partial charge in [-0.05, 0) is 0 Å². The first kappa shape index (κ1) is 12.1. The average Bonchev–Trinajstić information content (AvgIpc) is 2.35. The molecule has 0 aromatic heterocycles. The molecule has 0 aliphatic rings. The monoisotopic (exact) mass is 227 g/mol. The van der Waals surface area contributed by atoms with Gasteiger partial charge in [0.1, 0.15) is 5.75 Å². The Hall–Kier alpha value is -1.95. The highest BCUT2D eigenvalue weighted by molar-refractivity contribution is 5.97. The maximum absolute atomic E-state index is 11.3. The Morgan fingerprint density at radius 3 is 2.00 bits per heavy atom. The number of carbonyl (C=O) groups is 1. The minimum Gasteiger partial charge on any atom is -0.496 e. The van der Waals surface area contributed by atoms with Crippen molar-refractivity contribution in [2.75, 3.05) is 21.3 Å². The molecule has 0 spiro atoms. The predicted molar refractivity (Wildman–Crippen MR) is 55.4 cm³/mol. The number of rotatable bonds is 4. The van der Waals surface area contributed by atoms with Crippen LogP contribution in [0.25, 0.3) is 0 Å². The number of methoxy groups -OCH3 is 3. The molecule has 6 nitrogen and oxygen atoms in total. The molecule has 1 aromatic rings. The minimum atomic E-state index is -0.683. The Morgan fingerprint density at radius 2 is 1.56 bits per heavy atom. The number of benzene rings is 1. The first-order chi connectivity index (χ1) is 7.67. The molecule has 0 bridgehead atoms. The summed E-state index contributed by atoms with van der Waals surface area (Å²) in [6.07, 6.45) is 0. The van der Waals surface area contributed by atoms with Crippen LogP contribution in [0.3, 0.4) is 0 Å². The summed E-state index contributed by atoms with van der Waals surface area (Å²) in [6.45, 7) is 0. The maximum atomic E-state index is 11.3. The van der Waals surface area contributed by atoms with Gasteiger partial charge in [0.15, 0.2) is 11.5 Å². The number of nitrogens with one attached hydrogen (secondary N) is 1. The second kappa shape index (κ2) is 5.22. The van der Waals surface area contributed by atoms with Crippen LogP contribution in [0.15, 0.2) is 12.1 Å². The van der Waals surface area contributed by atoms with Crippen molar-refractivity contribution < 1.29 is 24.2 Å². The second-order valence-corrected chi connectivity index (χ2v) is 2.85. The van der Waals surface area contributed by atoms with Gasteiger partial charge in [-0.25, -0.2) is 5.48 Å². The summed E-state index contributed by atoms with van der Waals surface area (Å²) in [7, 11) is 4.34. The highest BCUT2D eigenvalue weighted by Crippen LogP contribution is 2.34. The fourth-order valence-corrected chi connectivity index (χ4v) is 1.27. The molecular weight excluding hydrogens is 214 g/mol. The van der Waals surface area contributed by atoms with Crippen LogP contribution in [0.1, 0.15) is 10.4 Å². The average molecular weight is 227 g/mol. The zero-order chi connectivity index (χ0) is 12.1.